The van der Waals surface area contributed by atoms with Gasteiger partial charge in [-0.25, -0.2) is 15.8 Å². The number of rotatable bonds is 5. The van der Waals surface area contributed by atoms with Crippen LogP contribution >= 0.6 is 0 Å². The van der Waals surface area contributed by atoms with Gasteiger partial charge in [0.1, 0.15) is 29.5 Å². The number of nitrogen functional groups attached to an aromatic ring is 1. The van der Waals surface area contributed by atoms with Crippen LogP contribution < -0.4 is 16.2 Å². The van der Waals surface area contributed by atoms with Crippen LogP contribution in [0.5, 0.6) is 0 Å². The number of hydrazine groups is 1. The highest BCUT2D eigenvalue weighted by atomic mass is 16.3. The van der Waals surface area contributed by atoms with Gasteiger partial charge in [-0.05, 0) is 25.5 Å². The molecule has 102 valence electrons. The van der Waals surface area contributed by atoms with E-state index >= 15 is 0 Å². The van der Waals surface area contributed by atoms with Gasteiger partial charge in [0.15, 0.2) is 0 Å². The Hall–Kier alpha value is -2.08. The number of furan rings is 1. The monoisotopic (exact) mass is 261 g/mol. The maximum Gasteiger partial charge on any atom is 0.148 e. The zero-order valence-electron chi connectivity index (χ0n) is 11.5. The molecular weight excluding hydrogens is 242 g/mol. The van der Waals surface area contributed by atoms with E-state index in [-0.39, 0.29) is 0 Å². The van der Waals surface area contributed by atoms with Crippen LogP contribution in [0.2, 0.25) is 0 Å². The van der Waals surface area contributed by atoms with Crippen LogP contribution in [0.4, 0.5) is 11.6 Å². The molecule has 0 aliphatic carbocycles. The standard InChI is InChI=1S/C13H19N5O/c1-4-11-12(17-14)15-8-16-13(11)18(3)7-10-6-5-9(2)19-10/h5-6,8H,4,7,14H2,1-3H3,(H,15,16,17). The first-order valence-electron chi connectivity index (χ1n) is 6.22. The number of nitrogens with zero attached hydrogens (tertiary/aromatic N) is 3. The molecule has 0 bridgehead atoms. The minimum Gasteiger partial charge on any atom is -0.464 e. The Labute approximate surface area is 112 Å². The molecule has 3 N–H and O–H groups in total. The zero-order valence-corrected chi connectivity index (χ0v) is 11.5. The van der Waals surface area contributed by atoms with Crippen molar-refractivity contribution >= 4 is 11.6 Å². The summed E-state index contributed by atoms with van der Waals surface area (Å²) in [5.74, 6) is 8.81. The van der Waals surface area contributed by atoms with E-state index in [2.05, 4.69) is 15.4 Å². The first kappa shape index (κ1) is 13.4. The summed E-state index contributed by atoms with van der Waals surface area (Å²) >= 11 is 0. The molecule has 0 aliphatic heterocycles. The predicted octanol–water partition coefficient (Wildman–Crippen LogP) is 1.86. The summed E-state index contributed by atoms with van der Waals surface area (Å²) in [6, 6.07) is 3.93. The summed E-state index contributed by atoms with van der Waals surface area (Å²) in [5, 5.41) is 0. The third-order valence-electron chi connectivity index (χ3n) is 2.96. The van der Waals surface area contributed by atoms with Crippen molar-refractivity contribution in [3.63, 3.8) is 0 Å². The molecule has 6 nitrogen and oxygen atoms in total. The van der Waals surface area contributed by atoms with Crippen molar-refractivity contribution in [2.24, 2.45) is 5.84 Å². The van der Waals surface area contributed by atoms with Crippen LogP contribution in [-0.2, 0) is 13.0 Å². The maximum atomic E-state index is 5.58. The minimum atomic E-state index is 0.655. The normalized spacial score (nSPS) is 10.5. The molecule has 6 heteroatoms. The third kappa shape index (κ3) is 2.85. The van der Waals surface area contributed by atoms with Gasteiger partial charge in [0.05, 0.1) is 6.54 Å². The van der Waals surface area contributed by atoms with Crippen molar-refractivity contribution in [2.45, 2.75) is 26.8 Å². The molecule has 0 saturated carbocycles. The predicted molar refractivity (Wildman–Crippen MR) is 74.8 cm³/mol. The number of nitrogens with two attached hydrogens (primary N) is 1. The van der Waals surface area contributed by atoms with Gasteiger partial charge in [-0.15, -0.1) is 0 Å². The first-order valence-corrected chi connectivity index (χ1v) is 6.22. The van der Waals surface area contributed by atoms with E-state index in [1.54, 1.807) is 0 Å². The van der Waals surface area contributed by atoms with Crippen LogP contribution in [0.1, 0.15) is 24.0 Å². The summed E-state index contributed by atoms with van der Waals surface area (Å²) in [7, 11) is 1.97. The number of aryl methyl sites for hydroxylation is 1. The van der Waals surface area contributed by atoms with Crippen molar-refractivity contribution in [1.82, 2.24) is 9.97 Å². The summed E-state index contributed by atoms with van der Waals surface area (Å²) in [5.41, 5.74) is 3.60. The zero-order chi connectivity index (χ0) is 13.8. The van der Waals surface area contributed by atoms with Crippen LogP contribution in [0, 0.1) is 6.92 Å². The van der Waals surface area contributed by atoms with Crippen molar-refractivity contribution in [2.75, 3.05) is 17.4 Å². The van der Waals surface area contributed by atoms with E-state index in [4.69, 9.17) is 10.3 Å². The molecule has 0 spiro atoms. The van der Waals surface area contributed by atoms with E-state index < -0.39 is 0 Å². The van der Waals surface area contributed by atoms with E-state index in [9.17, 15) is 0 Å². The molecule has 0 aliphatic rings. The molecule has 2 aromatic heterocycles. The van der Waals surface area contributed by atoms with Gasteiger partial charge in [0.25, 0.3) is 0 Å². The summed E-state index contributed by atoms with van der Waals surface area (Å²) in [6.07, 6.45) is 2.31. The van der Waals surface area contributed by atoms with Crippen molar-refractivity contribution < 1.29 is 4.42 Å². The van der Waals surface area contributed by atoms with E-state index in [0.717, 1.165) is 29.3 Å². The Morgan fingerprint density at radius 3 is 2.74 bits per heavy atom. The minimum absolute atomic E-state index is 0.655. The topological polar surface area (TPSA) is 80.2 Å². The Bertz CT molecular complexity index is 552. The van der Waals surface area contributed by atoms with Crippen molar-refractivity contribution in [1.29, 1.82) is 0 Å². The van der Waals surface area contributed by atoms with Gasteiger partial charge < -0.3 is 14.7 Å². The van der Waals surface area contributed by atoms with Gasteiger partial charge in [0, 0.05) is 12.6 Å². The molecule has 0 fully saturated rings. The van der Waals surface area contributed by atoms with Gasteiger partial charge in [-0.2, -0.15) is 0 Å². The lowest BCUT2D eigenvalue weighted by Gasteiger charge is -2.20. The van der Waals surface area contributed by atoms with E-state index in [1.807, 2.05) is 37.9 Å². The van der Waals surface area contributed by atoms with Gasteiger partial charge in [-0.1, -0.05) is 6.92 Å². The lowest BCUT2D eigenvalue weighted by Crippen LogP contribution is -2.21. The molecule has 0 aromatic carbocycles. The summed E-state index contributed by atoms with van der Waals surface area (Å²) in [4.78, 5) is 10.5. The Kier molecular flexibility index (Phi) is 4.01. The van der Waals surface area contributed by atoms with Gasteiger partial charge >= 0.3 is 0 Å². The third-order valence-corrected chi connectivity index (χ3v) is 2.96. The highest BCUT2D eigenvalue weighted by molar-refractivity contribution is 5.57. The van der Waals surface area contributed by atoms with Crippen LogP contribution in [0.25, 0.3) is 0 Å². The smallest absolute Gasteiger partial charge is 0.148 e. The largest absolute Gasteiger partial charge is 0.464 e. The second kappa shape index (κ2) is 5.71. The second-order valence-corrected chi connectivity index (χ2v) is 4.39. The average molecular weight is 261 g/mol. The van der Waals surface area contributed by atoms with Gasteiger partial charge in [0.2, 0.25) is 0 Å². The van der Waals surface area contributed by atoms with Gasteiger partial charge in [-0.3, -0.25) is 0 Å². The van der Waals surface area contributed by atoms with Crippen molar-refractivity contribution in [3.05, 3.63) is 35.5 Å². The number of hydrogen-bond acceptors (Lipinski definition) is 6. The summed E-state index contributed by atoms with van der Waals surface area (Å²) in [6.45, 7) is 4.64. The lowest BCUT2D eigenvalue weighted by molar-refractivity contribution is 0.481. The molecule has 0 unspecified atom stereocenters. The van der Waals surface area contributed by atoms with Crippen LogP contribution in [-0.4, -0.2) is 17.0 Å². The molecule has 0 radical (unpaired) electrons. The molecule has 2 heterocycles. The summed E-state index contributed by atoms with van der Waals surface area (Å²) < 4.78 is 5.58. The van der Waals surface area contributed by atoms with Crippen molar-refractivity contribution in [3.8, 4) is 0 Å². The molecule has 2 rings (SSSR count). The molecular formula is C13H19N5O. The fourth-order valence-corrected chi connectivity index (χ4v) is 2.06. The molecule has 0 saturated heterocycles. The molecule has 0 amide bonds. The molecule has 2 aromatic rings. The number of hydrogen-bond donors (Lipinski definition) is 2. The van der Waals surface area contributed by atoms with Crippen LogP contribution in [0.15, 0.2) is 22.9 Å². The SMILES string of the molecule is CCc1c(NN)ncnc1N(C)Cc1ccc(C)o1. The quantitative estimate of drug-likeness (QED) is 0.631. The fourth-order valence-electron chi connectivity index (χ4n) is 2.06. The number of aromatic nitrogens is 2. The lowest BCUT2D eigenvalue weighted by atomic mass is 10.2. The maximum absolute atomic E-state index is 5.58. The second-order valence-electron chi connectivity index (χ2n) is 4.39. The Morgan fingerprint density at radius 1 is 1.37 bits per heavy atom. The Morgan fingerprint density at radius 2 is 2.16 bits per heavy atom. The highest BCUT2D eigenvalue weighted by Gasteiger charge is 2.14. The number of anilines is 2. The highest BCUT2D eigenvalue weighted by Crippen LogP contribution is 2.24. The molecule has 19 heavy (non-hydrogen) atoms. The van der Waals surface area contributed by atoms with E-state index in [0.29, 0.717) is 12.4 Å². The number of nitrogens with one attached hydrogen (secondary N) is 1. The Balaban J connectivity index is 2.25. The van der Waals surface area contributed by atoms with E-state index in [1.165, 1.54) is 6.33 Å². The van der Waals surface area contributed by atoms with Crippen LogP contribution in [0.3, 0.4) is 0 Å². The fraction of sp³-hybridized carbons (Fsp3) is 0.385. The average Bonchev–Trinajstić information content (AvgIpc) is 2.82. The first-order chi connectivity index (χ1) is 9.15. The molecule has 0 atom stereocenters.